The van der Waals surface area contributed by atoms with Crippen molar-refractivity contribution in [1.29, 1.82) is 0 Å². The molecule has 74 valence electrons. The average Bonchev–Trinajstić information content (AvgIpc) is 2.61. The Morgan fingerprint density at radius 3 is 2.46 bits per heavy atom. The zero-order valence-electron chi connectivity index (χ0n) is 7.34. The van der Waals surface area contributed by atoms with Crippen LogP contribution in [0.4, 0.5) is 8.78 Å². The normalized spacial score (nSPS) is 43.1. The van der Waals surface area contributed by atoms with Crippen LogP contribution in [-0.4, -0.2) is 22.9 Å². The molecule has 13 heavy (non-hydrogen) atoms. The summed E-state index contributed by atoms with van der Waals surface area (Å²) in [5, 5.41) is 9.37. The highest BCUT2D eigenvalue weighted by molar-refractivity contribution is 5.88. The molecule has 1 N–H and O–H groups in total. The Labute approximate surface area is 74.9 Å². The van der Waals surface area contributed by atoms with E-state index in [1.807, 2.05) is 0 Å². The van der Waals surface area contributed by atoms with E-state index >= 15 is 0 Å². The van der Waals surface area contributed by atoms with Gasteiger partial charge >= 0.3 is 5.92 Å². The Hall–Kier alpha value is -0.510. The third kappa shape index (κ3) is 1.37. The van der Waals surface area contributed by atoms with Gasteiger partial charge in [-0.15, -0.1) is 0 Å². The molecule has 4 heteroatoms. The first-order valence-electron chi connectivity index (χ1n) is 4.51. The van der Waals surface area contributed by atoms with Crippen molar-refractivity contribution in [2.45, 2.75) is 31.8 Å². The predicted octanol–water partition coefficient (Wildman–Crippen LogP) is 1.23. The number of carbonyl (C=O) groups excluding carboxylic acids is 1. The molecule has 2 rings (SSSR count). The summed E-state index contributed by atoms with van der Waals surface area (Å²) in [5.41, 5.74) is 0. The molecule has 0 saturated heterocycles. The first-order chi connectivity index (χ1) is 5.91. The van der Waals surface area contributed by atoms with E-state index in [0.29, 0.717) is 19.3 Å². The van der Waals surface area contributed by atoms with Crippen LogP contribution in [0.25, 0.3) is 0 Å². The van der Waals surface area contributed by atoms with Crippen LogP contribution in [-0.2, 0) is 4.79 Å². The molecule has 0 radical (unpaired) electrons. The minimum Gasteiger partial charge on any atom is -0.392 e. The molecule has 0 aromatic carbocycles. The molecule has 0 amide bonds. The van der Waals surface area contributed by atoms with E-state index in [1.54, 1.807) is 0 Å². The lowest BCUT2D eigenvalue weighted by Gasteiger charge is -2.19. The average molecular weight is 190 g/mol. The smallest absolute Gasteiger partial charge is 0.302 e. The fourth-order valence-corrected chi connectivity index (χ4v) is 2.39. The van der Waals surface area contributed by atoms with Crippen molar-refractivity contribution in [1.82, 2.24) is 0 Å². The summed E-state index contributed by atoms with van der Waals surface area (Å²) in [7, 11) is 0. The molecule has 2 aliphatic rings. The molecule has 2 aliphatic carbocycles. The monoisotopic (exact) mass is 190 g/mol. The standard InChI is InChI=1S/C9H12F2O2/c1-9(10,11)8(13)7-5-2-4(5)3-6(7)12/h4-7,12H,2-3H2,1H3. The maximum atomic E-state index is 12.7. The van der Waals surface area contributed by atoms with E-state index in [-0.39, 0.29) is 5.92 Å². The molecule has 0 aromatic rings. The van der Waals surface area contributed by atoms with Gasteiger partial charge in [-0.3, -0.25) is 4.79 Å². The van der Waals surface area contributed by atoms with Crippen LogP contribution in [0.1, 0.15) is 19.8 Å². The molecule has 2 fully saturated rings. The zero-order valence-corrected chi connectivity index (χ0v) is 7.34. The third-order valence-corrected chi connectivity index (χ3v) is 3.13. The van der Waals surface area contributed by atoms with E-state index in [4.69, 9.17) is 0 Å². The van der Waals surface area contributed by atoms with Crippen molar-refractivity contribution in [2.75, 3.05) is 0 Å². The zero-order chi connectivity index (χ0) is 9.80. The molecule has 4 unspecified atom stereocenters. The van der Waals surface area contributed by atoms with Gasteiger partial charge in [-0.05, 0) is 24.7 Å². The molecule has 0 bridgehead atoms. The minimum absolute atomic E-state index is 0.0355. The van der Waals surface area contributed by atoms with Crippen LogP contribution >= 0.6 is 0 Å². The second-order valence-corrected chi connectivity index (χ2v) is 4.24. The minimum atomic E-state index is -3.29. The number of fused-ring (bicyclic) bond motifs is 1. The molecule has 0 aromatic heterocycles. The number of alkyl halides is 2. The molecule has 0 heterocycles. The highest BCUT2D eigenvalue weighted by Crippen LogP contribution is 2.56. The van der Waals surface area contributed by atoms with Crippen molar-refractivity contribution in [3.63, 3.8) is 0 Å². The number of ketones is 1. The van der Waals surface area contributed by atoms with Crippen molar-refractivity contribution >= 4 is 5.78 Å². The van der Waals surface area contributed by atoms with Gasteiger partial charge in [0.25, 0.3) is 0 Å². The first-order valence-corrected chi connectivity index (χ1v) is 4.51. The number of carbonyl (C=O) groups is 1. The summed E-state index contributed by atoms with van der Waals surface area (Å²) < 4.78 is 25.3. The van der Waals surface area contributed by atoms with Crippen LogP contribution in [0, 0.1) is 17.8 Å². The van der Waals surface area contributed by atoms with Gasteiger partial charge in [0.05, 0.1) is 12.0 Å². The van der Waals surface area contributed by atoms with Crippen LogP contribution in [0.3, 0.4) is 0 Å². The first kappa shape index (κ1) is 9.06. The molecule has 2 nitrogen and oxygen atoms in total. The molecule has 4 atom stereocenters. The van der Waals surface area contributed by atoms with Gasteiger partial charge in [0.1, 0.15) is 0 Å². The summed E-state index contributed by atoms with van der Waals surface area (Å²) in [6, 6.07) is 0. The Kier molecular flexibility index (Phi) is 1.74. The number of aliphatic hydroxyl groups is 1. The van der Waals surface area contributed by atoms with Crippen molar-refractivity contribution in [3.05, 3.63) is 0 Å². The quantitative estimate of drug-likeness (QED) is 0.711. The lowest BCUT2D eigenvalue weighted by molar-refractivity contribution is -0.148. The lowest BCUT2D eigenvalue weighted by atomic mass is 9.92. The third-order valence-electron chi connectivity index (χ3n) is 3.13. The van der Waals surface area contributed by atoms with Crippen LogP contribution in [0.2, 0.25) is 0 Å². The maximum Gasteiger partial charge on any atom is 0.302 e. The van der Waals surface area contributed by atoms with E-state index in [9.17, 15) is 18.7 Å². The topological polar surface area (TPSA) is 37.3 Å². The predicted molar refractivity (Wildman–Crippen MR) is 41.3 cm³/mol. The van der Waals surface area contributed by atoms with Crippen LogP contribution in [0.5, 0.6) is 0 Å². The number of Topliss-reactive ketones (excluding diaryl/α,β-unsaturated/α-hetero) is 1. The van der Waals surface area contributed by atoms with Crippen LogP contribution in [0.15, 0.2) is 0 Å². The maximum absolute atomic E-state index is 12.7. The van der Waals surface area contributed by atoms with Crippen LogP contribution < -0.4 is 0 Å². The Morgan fingerprint density at radius 1 is 1.46 bits per heavy atom. The Bertz CT molecular complexity index is 244. The van der Waals surface area contributed by atoms with Gasteiger partial charge in [0.15, 0.2) is 0 Å². The van der Waals surface area contributed by atoms with Crippen molar-refractivity contribution in [3.8, 4) is 0 Å². The SMILES string of the molecule is CC(F)(F)C(=O)C1C(O)CC2CC21. The second-order valence-electron chi connectivity index (χ2n) is 4.24. The summed E-state index contributed by atoms with van der Waals surface area (Å²) in [6.07, 6.45) is 0.530. The highest BCUT2D eigenvalue weighted by Gasteiger charge is 2.58. The highest BCUT2D eigenvalue weighted by atomic mass is 19.3. The van der Waals surface area contributed by atoms with Gasteiger partial charge in [0.2, 0.25) is 5.78 Å². The lowest BCUT2D eigenvalue weighted by Crippen LogP contribution is -2.37. The number of rotatable bonds is 2. The second kappa shape index (κ2) is 2.50. The van der Waals surface area contributed by atoms with Gasteiger partial charge in [-0.1, -0.05) is 0 Å². The number of halogens is 2. The van der Waals surface area contributed by atoms with E-state index < -0.39 is 23.7 Å². The Morgan fingerprint density at radius 2 is 2.08 bits per heavy atom. The molecule has 0 spiro atoms. The number of aliphatic hydroxyl groups excluding tert-OH is 1. The largest absolute Gasteiger partial charge is 0.392 e. The van der Waals surface area contributed by atoms with Gasteiger partial charge in [-0.25, -0.2) is 0 Å². The summed E-state index contributed by atoms with van der Waals surface area (Å²) in [5.74, 6) is -4.81. The number of hydrogen-bond donors (Lipinski definition) is 1. The van der Waals surface area contributed by atoms with E-state index in [1.165, 1.54) is 0 Å². The summed E-state index contributed by atoms with van der Waals surface area (Å²) in [4.78, 5) is 11.2. The van der Waals surface area contributed by atoms with Crippen molar-refractivity contribution < 1.29 is 18.7 Å². The fraction of sp³-hybridized carbons (Fsp3) is 0.889. The summed E-state index contributed by atoms with van der Waals surface area (Å²) in [6.45, 7) is 0.609. The molecule has 0 aliphatic heterocycles. The summed E-state index contributed by atoms with van der Waals surface area (Å²) >= 11 is 0. The van der Waals surface area contributed by atoms with Gasteiger partial charge < -0.3 is 5.11 Å². The van der Waals surface area contributed by atoms with Gasteiger partial charge in [0, 0.05) is 6.92 Å². The Balaban J connectivity index is 2.12. The number of hydrogen-bond acceptors (Lipinski definition) is 2. The van der Waals surface area contributed by atoms with E-state index in [2.05, 4.69) is 0 Å². The molecular formula is C9H12F2O2. The molecule has 2 saturated carbocycles. The van der Waals surface area contributed by atoms with Crippen molar-refractivity contribution in [2.24, 2.45) is 17.8 Å². The van der Waals surface area contributed by atoms with Gasteiger partial charge in [-0.2, -0.15) is 8.78 Å². The van der Waals surface area contributed by atoms with E-state index in [0.717, 1.165) is 6.42 Å². The molecular weight excluding hydrogens is 178 g/mol. The fourth-order valence-electron chi connectivity index (χ4n) is 2.39.